The molecule has 1 heterocycles. The first-order chi connectivity index (χ1) is 9.60. The van der Waals surface area contributed by atoms with Gasteiger partial charge in [0.1, 0.15) is 5.82 Å². The van der Waals surface area contributed by atoms with E-state index in [0.717, 1.165) is 12.0 Å². The van der Waals surface area contributed by atoms with Crippen LogP contribution in [-0.2, 0) is 13.0 Å². The van der Waals surface area contributed by atoms with Gasteiger partial charge in [0.05, 0.1) is 17.4 Å². The molecule has 0 saturated heterocycles. The van der Waals surface area contributed by atoms with Crippen molar-refractivity contribution in [3.8, 4) is 0 Å². The second kappa shape index (κ2) is 6.06. The number of benzene rings is 1. The predicted octanol–water partition coefficient (Wildman–Crippen LogP) is 1.94. The molecule has 5 N–H and O–H groups in total. The summed E-state index contributed by atoms with van der Waals surface area (Å²) in [6.07, 6.45) is 2.46. The number of nitrogens with one attached hydrogen (secondary N) is 1. The molecule has 0 unspecified atom stereocenters. The second-order valence-corrected chi connectivity index (χ2v) is 4.54. The lowest BCUT2D eigenvalue weighted by Crippen LogP contribution is -2.14. The zero-order valence-electron chi connectivity index (χ0n) is 11.4. The Morgan fingerprint density at radius 3 is 2.50 bits per heavy atom. The molecule has 2 rings (SSSR count). The Balaban J connectivity index is 2.06. The van der Waals surface area contributed by atoms with E-state index in [-0.39, 0.29) is 11.3 Å². The number of pyridine rings is 1. The fourth-order valence-corrected chi connectivity index (χ4v) is 1.86. The molecule has 5 nitrogen and oxygen atoms in total. The summed E-state index contributed by atoms with van der Waals surface area (Å²) in [5.41, 5.74) is 13.9. The molecule has 0 radical (unpaired) electrons. The number of nitrogen functional groups attached to an aromatic ring is 1. The zero-order chi connectivity index (χ0) is 14.5. The molecule has 2 aromatic rings. The van der Waals surface area contributed by atoms with Crippen LogP contribution in [0.3, 0.4) is 0 Å². The van der Waals surface area contributed by atoms with E-state index >= 15 is 0 Å². The van der Waals surface area contributed by atoms with Crippen LogP contribution in [0.2, 0.25) is 0 Å². The number of aromatic nitrogens is 1. The lowest BCUT2D eigenvalue weighted by atomic mass is 10.1. The summed E-state index contributed by atoms with van der Waals surface area (Å²) < 4.78 is 0. The van der Waals surface area contributed by atoms with E-state index in [9.17, 15) is 4.79 Å². The number of hydrogen-bond acceptors (Lipinski definition) is 4. The van der Waals surface area contributed by atoms with Gasteiger partial charge in [-0.1, -0.05) is 31.2 Å². The molecule has 104 valence electrons. The van der Waals surface area contributed by atoms with Crippen molar-refractivity contribution in [1.82, 2.24) is 4.98 Å². The minimum Gasteiger partial charge on any atom is -0.397 e. The van der Waals surface area contributed by atoms with E-state index in [1.54, 1.807) is 6.07 Å². The summed E-state index contributed by atoms with van der Waals surface area (Å²) in [6.45, 7) is 2.75. The Labute approximate surface area is 118 Å². The fourth-order valence-electron chi connectivity index (χ4n) is 1.86. The number of aryl methyl sites for hydroxylation is 1. The molecule has 20 heavy (non-hydrogen) atoms. The number of nitrogens with zero attached hydrogens (tertiary/aromatic N) is 1. The molecular formula is C15H18N4O. The Kier molecular flexibility index (Phi) is 4.20. The van der Waals surface area contributed by atoms with E-state index in [4.69, 9.17) is 11.5 Å². The highest BCUT2D eigenvalue weighted by Crippen LogP contribution is 2.15. The van der Waals surface area contributed by atoms with Crippen molar-refractivity contribution in [3.63, 3.8) is 0 Å². The monoisotopic (exact) mass is 270 g/mol. The van der Waals surface area contributed by atoms with Gasteiger partial charge in [0.15, 0.2) is 0 Å². The van der Waals surface area contributed by atoms with Gasteiger partial charge in [-0.05, 0) is 23.6 Å². The van der Waals surface area contributed by atoms with Gasteiger partial charge < -0.3 is 16.8 Å². The van der Waals surface area contributed by atoms with Crippen LogP contribution >= 0.6 is 0 Å². The van der Waals surface area contributed by atoms with Gasteiger partial charge in [0.2, 0.25) is 0 Å². The third-order valence-corrected chi connectivity index (χ3v) is 3.11. The van der Waals surface area contributed by atoms with E-state index in [0.29, 0.717) is 12.4 Å². The van der Waals surface area contributed by atoms with Gasteiger partial charge in [0.25, 0.3) is 5.91 Å². The molecule has 0 spiro atoms. The lowest BCUT2D eigenvalue weighted by Gasteiger charge is -2.08. The van der Waals surface area contributed by atoms with E-state index in [1.807, 2.05) is 0 Å². The van der Waals surface area contributed by atoms with Gasteiger partial charge in [-0.3, -0.25) is 4.79 Å². The van der Waals surface area contributed by atoms with Crippen molar-refractivity contribution in [2.24, 2.45) is 5.73 Å². The first-order valence-electron chi connectivity index (χ1n) is 6.47. The highest BCUT2D eigenvalue weighted by molar-refractivity contribution is 5.98. The number of amides is 1. The summed E-state index contributed by atoms with van der Waals surface area (Å²) in [5, 5.41) is 3.15. The van der Waals surface area contributed by atoms with Gasteiger partial charge in [-0.25, -0.2) is 4.98 Å². The molecular weight excluding hydrogens is 252 g/mol. The molecule has 0 aliphatic rings. The van der Waals surface area contributed by atoms with Crippen molar-refractivity contribution >= 4 is 17.4 Å². The first kappa shape index (κ1) is 13.9. The van der Waals surface area contributed by atoms with Gasteiger partial charge in [-0.15, -0.1) is 0 Å². The van der Waals surface area contributed by atoms with E-state index in [2.05, 4.69) is 41.5 Å². The maximum absolute atomic E-state index is 11.2. The predicted molar refractivity (Wildman–Crippen MR) is 80.3 cm³/mol. The topological polar surface area (TPSA) is 94.0 Å². The maximum Gasteiger partial charge on any atom is 0.250 e. The SMILES string of the molecule is CCc1ccc(CNc2cc(C(N)=O)c(N)cn2)cc1. The average Bonchev–Trinajstić information content (AvgIpc) is 2.46. The van der Waals surface area contributed by atoms with Crippen LogP contribution < -0.4 is 16.8 Å². The minimum atomic E-state index is -0.555. The van der Waals surface area contributed by atoms with Crippen LogP contribution in [0, 0.1) is 0 Å². The molecule has 1 aromatic carbocycles. The first-order valence-corrected chi connectivity index (χ1v) is 6.47. The zero-order valence-corrected chi connectivity index (χ0v) is 11.4. The van der Waals surface area contributed by atoms with Gasteiger partial charge in [0, 0.05) is 6.54 Å². The number of hydrogen-bond donors (Lipinski definition) is 3. The Morgan fingerprint density at radius 2 is 1.90 bits per heavy atom. The summed E-state index contributed by atoms with van der Waals surface area (Å²) in [5.74, 6) is 0.0211. The summed E-state index contributed by atoms with van der Waals surface area (Å²) >= 11 is 0. The smallest absolute Gasteiger partial charge is 0.250 e. The number of rotatable bonds is 5. The van der Waals surface area contributed by atoms with Crippen LogP contribution in [0.1, 0.15) is 28.4 Å². The van der Waals surface area contributed by atoms with E-state index in [1.165, 1.54) is 11.8 Å². The number of nitrogens with two attached hydrogens (primary N) is 2. The molecule has 0 bridgehead atoms. The Hall–Kier alpha value is -2.56. The number of carbonyl (C=O) groups is 1. The van der Waals surface area contributed by atoms with Crippen LogP contribution in [-0.4, -0.2) is 10.9 Å². The van der Waals surface area contributed by atoms with Crippen molar-refractivity contribution < 1.29 is 4.79 Å². The number of primary amides is 1. The molecule has 0 aliphatic heterocycles. The largest absolute Gasteiger partial charge is 0.397 e. The van der Waals surface area contributed by atoms with Crippen molar-refractivity contribution in [1.29, 1.82) is 0 Å². The third kappa shape index (κ3) is 3.26. The molecule has 0 aliphatic carbocycles. The van der Waals surface area contributed by atoms with Crippen LogP contribution in [0.4, 0.5) is 11.5 Å². The van der Waals surface area contributed by atoms with Gasteiger partial charge in [-0.2, -0.15) is 0 Å². The summed E-state index contributed by atoms with van der Waals surface area (Å²) in [4.78, 5) is 15.3. The summed E-state index contributed by atoms with van der Waals surface area (Å²) in [6, 6.07) is 9.90. The highest BCUT2D eigenvalue weighted by atomic mass is 16.1. The quantitative estimate of drug-likeness (QED) is 0.773. The normalized spacial score (nSPS) is 10.2. The highest BCUT2D eigenvalue weighted by Gasteiger charge is 2.07. The molecule has 0 saturated carbocycles. The second-order valence-electron chi connectivity index (χ2n) is 4.54. The number of carbonyl (C=O) groups excluding carboxylic acids is 1. The van der Waals surface area contributed by atoms with E-state index < -0.39 is 5.91 Å². The third-order valence-electron chi connectivity index (χ3n) is 3.11. The molecule has 0 atom stereocenters. The Bertz CT molecular complexity index is 608. The molecule has 5 heteroatoms. The molecule has 1 amide bonds. The van der Waals surface area contributed by atoms with Crippen LogP contribution in [0.5, 0.6) is 0 Å². The maximum atomic E-state index is 11.2. The standard InChI is InChI=1S/C15H18N4O/c1-2-10-3-5-11(6-4-10)8-18-14-7-12(15(17)20)13(16)9-19-14/h3-7,9H,2,8,16H2,1H3,(H2,17,20)(H,18,19). The average molecular weight is 270 g/mol. The summed E-state index contributed by atoms with van der Waals surface area (Å²) in [7, 11) is 0. The Morgan fingerprint density at radius 1 is 1.25 bits per heavy atom. The lowest BCUT2D eigenvalue weighted by molar-refractivity contribution is 0.100. The number of anilines is 2. The van der Waals surface area contributed by atoms with Crippen molar-refractivity contribution in [2.75, 3.05) is 11.1 Å². The molecule has 1 aromatic heterocycles. The fraction of sp³-hybridized carbons (Fsp3) is 0.200. The van der Waals surface area contributed by atoms with Crippen molar-refractivity contribution in [3.05, 3.63) is 53.2 Å². The minimum absolute atomic E-state index is 0.281. The van der Waals surface area contributed by atoms with Crippen molar-refractivity contribution in [2.45, 2.75) is 19.9 Å². The van der Waals surface area contributed by atoms with Gasteiger partial charge >= 0.3 is 0 Å². The molecule has 0 fully saturated rings. The van der Waals surface area contributed by atoms with Crippen LogP contribution in [0.15, 0.2) is 36.5 Å². The van der Waals surface area contributed by atoms with Crippen LogP contribution in [0.25, 0.3) is 0 Å².